The van der Waals surface area contributed by atoms with Gasteiger partial charge in [-0.25, -0.2) is 0 Å². The first-order valence-electron chi connectivity index (χ1n) is 6.76. The molecular weight excluding hydrogens is 290 g/mol. The fourth-order valence-electron chi connectivity index (χ4n) is 1.74. The lowest BCUT2D eigenvalue weighted by molar-refractivity contribution is -0.148. The fourth-order valence-corrected chi connectivity index (χ4v) is 1.74. The Bertz CT molecular complexity index is 504. The van der Waals surface area contributed by atoms with E-state index >= 15 is 0 Å². The van der Waals surface area contributed by atoms with Gasteiger partial charge in [0.25, 0.3) is 5.91 Å². The third-order valence-corrected chi connectivity index (χ3v) is 2.87. The number of carbonyl (C=O) groups excluding carboxylic acids is 2. The minimum absolute atomic E-state index is 0.236. The van der Waals surface area contributed by atoms with Crippen molar-refractivity contribution in [2.45, 2.75) is 19.9 Å². The lowest BCUT2D eigenvalue weighted by Crippen LogP contribution is -2.28. The molecule has 0 bridgehead atoms. The van der Waals surface area contributed by atoms with Crippen molar-refractivity contribution < 1.29 is 28.5 Å². The molecule has 1 amide bonds. The molecule has 0 aromatic heterocycles. The van der Waals surface area contributed by atoms with Crippen LogP contribution in [0.25, 0.3) is 0 Å². The molecule has 1 aromatic rings. The van der Waals surface area contributed by atoms with Crippen molar-refractivity contribution in [3.05, 3.63) is 17.7 Å². The van der Waals surface area contributed by atoms with Crippen molar-refractivity contribution in [1.29, 1.82) is 0 Å². The number of carbonyl (C=O) groups is 2. The van der Waals surface area contributed by atoms with Crippen LogP contribution in [0.2, 0.25) is 0 Å². The number of hydrogen-bond donors (Lipinski definition) is 1. The lowest BCUT2D eigenvalue weighted by atomic mass is 10.1. The third kappa shape index (κ3) is 4.83. The van der Waals surface area contributed by atoms with E-state index in [-0.39, 0.29) is 25.5 Å². The van der Waals surface area contributed by atoms with Gasteiger partial charge in [0, 0.05) is 13.0 Å². The molecular formula is C15H21NO6. The molecule has 22 heavy (non-hydrogen) atoms. The molecule has 0 radical (unpaired) electrons. The van der Waals surface area contributed by atoms with E-state index < -0.39 is 5.97 Å². The van der Waals surface area contributed by atoms with Crippen LogP contribution in [0.15, 0.2) is 12.1 Å². The predicted molar refractivity (Wildman–Crippen MR) is 79.2 cm³/mol. The molecule has 122 valence electrons. The highest BCUT2D eigenvalue weighted by atomic mass is 16.5. The summed E-state index contributed by atoms with van der Waals surface area (Å²) < 4.78 is 20.4. The second kappa shape index (κ2) is 8.76. The monoisotopic (exact) mass is 311 g/mol. The van der Waals surface area contributed by atoms with Gasteiger partial charge in [0.2, 0.25) is 5.75 Å². The second-order valence-corrected chi connectivity index (χ2v) is 4.32. The standard InChI is InChI=1S/C15H21NO6/c1-5-14(18)22-9-13(17)16-8-10-6-11(19-2)15(21-4)12(7-10)20-3/h6-7H,5,8-9H2,1-4H3,(H,16,17). The van der Waals surface area contributed by atoms with Crippen LogP contribution in [-0.2, 0) is 20.9 Å². The normalized spacial score (nSPS) is 9.82. The minimum atomic E-state index is -0.414. The van der Waals surface area contributed by atoms with E-state index in [0.29, 0.717) is 17.2 Å². The van der Waals surface area contributed by atoms with Gasteiger partial charge < -0.3 is 24.3 Å². The Kier molecular flexibility index (Phi) is 7.01. The van der Waals surface area contributed by atoms with Crippen LogP contribution >= 0.6 is 0 Å². The molecule has 0 atom stereocenters. The number of hydrogen-bond acceptors (Lipinski definition) is 6. The molecule has 0 unspecified atom stereocenters. The van der Waals surface area contributed by atoms with Crippen molar-refractivity contribution >= 4 is 11.9 Å². The van der Waals surface area contributed by atoms with Crippen molar-refractivity contribution in [3.8, 4) is 17.2 Å². The highest BCUT2D eigenvalue weighted by Gasteiger charge is 2.13. The van der Waals surface area contributed by atoms with Gasteiger partial charge >= 0.3 is 5.97 Å². The zero-order valence-electron chi connectivity index (χ0n) is 13.2. The van der Waals surface area contributed by atoms with Crippen LogP contribution in [-0.4, -0.2) is 39.8 Å². The highest BCUT2D eigenvalue weighted by molar-refractivity contribution is 5.80. The maximum absolute atomic E-state index is 11.6. The Morgan fingerprint density at radius 3 is 2.09 bits per heavy atom. The van der Waals surface area contributed by atoms with Gasteiger partial charge in [0.05, 0.1) is 21.3 Å². The Morgan fingerprint density at radius 2 is 1.64 bits per heavy atom. The topological polar surface area (TPSA) is 83.1 Å². The lowest BCUT2D eigenvalue weighted by Gasteiger charge is -2.14. The SMILES string of the molecule is CCC(=O)OCC(=O)NCc1cc(OC)c(OC)c(OC)c1. The summed E-state index contributed by atoms with van der Waals surface area (Å²) in [7, 11) is 4.55. The molecule has 1 N–H and O–H groups in total. The first kappa shape index (κ1) is 17.6. The van der Waals surface area contributed by atoms with Crippen LogP contribution in [0, 0.1) is 0 Å². The average Bonchev–Trinajstić information content (AvgIpc) is 2.56. The van der Waals surface area contributed by atoms with Crippen molar-refractivity contribution in [1.82, 2.24) is 5.32 Å². The molecule has 0 saturated carbocycles. The summed E-state index contributed by atoms with van der Waals surface area (Å²) >= 11 is 0. The van der Waals surface area contributed by atoms with E-state index in [1.54, 1.807) is 19.1 Å². The molecule has 0 heterocycles. The minimum Gasteiger partial charge on any atom is -0.493 e. The van der Waals surface area contributed by atoms with E-state index in [4.69, 9.17) is 18.9 Å². The third-order valence-electron chi connectivity index (χ3n) is 2.87. The van der Waals surface area contributed by atoms with Crippen molar-refractivity contribution in [3.63, 3.8) is 0 Å². The van der Waals surface area contributed by atoms with Crippen LogP contribution in [0.4, 0.5) is 0 Å². The molecule has 0 saturated heterocycles. The Hall–Kier alpha value is -2.44. The fraction of sp³-hybridized carbons (Fsp3) is 0.467. The molecule has 0 fully saturated rings. The number of rotatable bonds is 8. The van der Waals surface area contributed by atoms with Crippen LogP contribution in [0.5, 0.6) is 17.2 Å². The quantitative estimate of drug-likeness (QED) is 0.728. The van der Waals surface area contributed by atoms with Gasteiger partial charge in [-0.2, -0.15) is 0 Å². The summed E-state index contributed by atoms with van der Waals surface area (Å²) in [6.45, 7) is 1.62. The summed E-state index contributed by atoms with van der Waals surface area (Å²) in [6.07, 6.45) is 0.236. The van der Waals surface area contributed by atoms with Gasteiger partial charge in [-0.1, -0.05) is 6.92 Å². The number of methoxy groups -OCH3 is 3. The molecule has 7 nitrogen and oxygen atoms in total. The maximum Gasteiger partial charge on any atom is 0.306 e. The second-order valence-electron chi connectivity index (χ2n) is 4.32. The Morgan fingerprint density at radius 1 is 1.05 bits per heavy atom. The van der Waals surface area contributed by atoms with Gasteiger partial charge in [0.15, 0.2) is 18.1 Å². The van der Waals surface area contributed by atoms with Crippen LogP contribution < -0.4 is 19.5 Å². The number of esters is 1. The number of ether oxygens (including phenoxy) is 4. The summed E-state index contributed by atoms with van der Waals surface area (Å²) in [6, 6.07) is 3.47. The van der Waals surface area contributed by atoms with E-state index in [0.717, 1.165) is 5.56 Å². The number of amides is 1. The summed E-state index contributed by atoms with van der Waals surface area (Å²) in [5.41, 5.74) is 0.768. The molecule has 1 aromatic carbocycles. The largest absolute Gasteiger partial charge is 0.493 e. The van der Waals surface area contributed by atoms with E-state index in [1.165, 1.54) is 21.3 Å². The molecule has 0 aliphatic rings. The molecule has 0 aliphatic carbocycles. The first-order valence-corrected chi connectivity index (χ1v) is 6.76. The molecule has 0 spiro atoms. The maximum atomic E-state index is 11.6. The number of benzene rings is 1. The van der Waals surface area contributed by atoms with Gasteiger partial charge in [-0.05, 0) is 17.7 Å². The molecule has 1 rings (SSSR count). The first-order chi connectivity index (χ1) is 10.5. The molecule has 7 heteroatoms. The van der Waals surface area contributed by atoms with E-state index in [2.05, 4.69) is 5.32 Å². The summed E-state index contributed by atoms with van der Waals surface area (Å²) in [5.74, 6) is 0.697. The zero-order chi connectivity index (χ0) is 16.5. The Labute approximate surface area is 129 Å². The molecule has 0 aliphatic heterocycles. The van der Waals surface area contributed by atoms with Crippen molar-refractivity contribution in [2.75, 3.05) is 27.9 Å². The zero-order valence-corrected chi connectivity index (χ0v) is 13.2. The predicted octanol–water partition coefficient (Wildman–Crippen LogP) is 1.28. The smallest absolute Gasteiger partial charge is 0.306 e. The van der Waals surface area contributed by atoms with Gasteiger partial charge in [0.1, 0.15) is 0 Å². The van der Waals surface area contributed by atoms with Crippen LogP contribution in [0.3, 0.4) is 0 Å². The number of nitrogens with one attached hydrogen (secondary N) is 1. The van der Waals surface area contributed by atoms with E-state index in [9.17, 15) is 9.59 Å². The average molecular weight is 311 g/mol. The van der Waals surface area contributed by atoms with E-state index in [1.807, 2.05) is 0 Å². The highest BCUT2D eigenvalue weighted by Crippen LogP contribution is 2.38. The van der Waals surface area contributed by atoms with Crippen molar-refractivity contribution in [2.24, 2.45) is 0 Å². The van der Waals surface area contributed by atoms with Gasteiger partial charge in [-0.15, -0.1) is 0 Å². The van der Waals surface area contributed by atoms with Gasteiger partial charge in [-0.3, -0.25) is 9.59 Å². The summed E-state index contributed by atoms with van der Waals surface area (Å²) in [5, 5.41) is 2.65. The Balaban J connectivity index is 2.69. The van der Waals surface area contributed by atoms with Crippen LogP contribution in [0.1, 0.15) is 18.9 Å². The summed E-state index contributed by atoms with van der Waals surface area (Å²) in [4.78, 5) is 22.6.